The van der Waals surface area contributed by atoms with Gasteiger partial charge in [0.25, 0.3) is 0 Å². The van der Waals surface area contributed by atoms with Crippen LogP contribution in [0.15, 0.2) is 37.2 Å². The van der Waals surface area contributed by atoms with Gasteiger partial charge in [-0.1, -0.05) is 6.58 Å². The summed E-state index contributed by atoms with van der Waals surface area (Å²) in [6.07, 6.45) is 3.16. The molecule has 2 atom stereocenters. The Morgan fingerprint density at radius 2 is 2.05 bits per heavy atom. The number of aryl methyl sites for hydroxylation is 1. The summed E-state index contributed by atoms with van der Waals surface area (Å²) in [7, 11) is 3.11. The second kappa shape index (κ2) is 12.8. The maximum atomic E-state index is 15.0. The molecule has 13 nitrogen and oxygen atoms in total. The molecule has 0 spiro atoms. The fourth-order valence-electron chi connectivity index (χ4n) is 5.08. The van der Waals surface area contributed by atoms with Crippen molar-refractivity contribution in [2.24, 2.45) is 0 Å². The van der Waals surface area contributed by atoms with E-state index in [-0.39, 0.29) is 23.8 Å². The predicted molar refractivity (Wildman–Crippen MR) is 154 cm³/mol. The van der Waals surface area contributed by atoms with Crippen LogP contribution in [-0.4, -0.2) is 101 Å². The van der Waals surface area contributed by atoms with Crippen LogP contribution in [0.3, 0.4) is 0 Å². The van der Waals surface area contributed by atoms with Crippen LogP contribution < -0.4 is 20.3 Å². The van der Waals surface area contributed by atoms with Crippen LogP contribution in [0.25, 0.3) is 5.82 Å². The van der Waals surface area contributed by atoms with Crippen molar-refractivity contribution < 1.29 is 28.5 Å². The SMILES string of the molecule is C=CC(=O)Nc1cc(Nc2ncc(F)c(-n3cc(CN4C[C@H](O)[C@H](OC)C4)c(C)n3)n2)c(OC)cc1N1CCOCC1. The number of methoxy groups -OCH3 is 2. The van der Waals surface area contributed by atoms with Gasteiger partial charge in [-0.15, -0.1) is 0 Å². The first kappa shape index (κ1) is 29.4. The van der Waals surface area contributed by atoms with Gasteiger partial charge in [0.05, 0.1) is 61.5 Å². The number of amides is 1. The lowest BCUT2D eigenvalue weighted by atomic mass is 10.1. The third-order valence-electron chi connectivity index (χ3n) is 7.31. The van der Waals surface area contributed by atoms with Crippen LogP contribution in [-0.2, 0) is 20.8 Å². The largest absolute Gasteiger partial charge is 0.494 e. The molecule has 5 rings (SSSR count). The molecular formula is C28H35FN8O5. The number of morpholine rings is 1. The summed E-state index contributed by atoms with van der Waals surface area (Å²) in [5.74, 6) is -0.486. The highest BCUT2D eigenvalue weighted by Gasteiger charge is 2.31. The van der Waals surface area contributed by atoms with Gasteiger partial charge in [0, 0.05) is 57.7 Å². The van der Waals surface area contributed by atoms with Gasteiger partial charge in [0.1, 0.15) is 5.75 Å². The number of aromatic nitrogens is 4. The highest BCUT2D eigenvalue weighted by molar-refractivity contribution is 6.02. The van der Waals surface area contributed by atoms with E-state index in [1.54, 1.807) is 19.4 Å². The van der Waals surface area contributed by atoms with Gasteiger partial charge in [-0.05, 0) is 19.1 Å². The number of hydrogen-bond acceptors (Lipinski definition) is 11. The zero-order chi connectivity index (χ0) is 29.8. The van der Waals surface area contributed by atoms with Gasteiger partial charge >= 0.3 is 0 Å². The number of hydrogen-bond donors (Lipinski definition) is 3. The minimum Gasteiger partial charge on any atom is -0.494 e. The number of nitrogens with zero attached hydrogens (tertiary/aromatic N) is 6. The lowest BCUT2D eigenvalue weighted by molar-refractivity contribution is -0.111. The van der Waals surface area contributed by atoms with Gasteiger partial charge in [0.2, 0.25) is 11.9 Å². The third-order valence-corrected chi connectivity index (χ3v) is 7.31. The fourth-order valence-corrected chi connectivity index (χ4v) is 5.08. The van der Waals surface area contributed by atoms with Crippen molar-refractivity contribution in [1.82, 2.24) is 24.6 Å². The van der Waals surface area contributed by atoms with Crippen molar-refractivity contribution in [2.75, 3.05) is 69.1 Å². The van der Waals surface area contributed by atoms with Crippen molar-refractivity contribution in [3.05, 3.63) is 54.3 Å². The van der Waals surface area contributed by atoms with E-state index in [0.717, 1.165) is 17.4 Å². The molecule has 2 aromatic heterocycles. The predicted octanol–water partition coefficient (Wildman–Crippen LogP) is 2.01. The fraction of sp³-hybridized carbons (Fsp3) is 0.429. The second-order valence-corrected chi connectivity index (χ2v) is 10.1. The first-order chi connectivity index (χ1) is 20.3. The van der Waals surface area contributed by atoms with Crippen LogP contribution in [0, 0.1) is 12.7 Å². The molecule has 2 aliphatic heterocycles. The normalized spacial score (nSPS) is 19.1. The molecule has 2 aliphatic rings. The lowest BCUT2D eigenvalue weighted by Gasteiger charge is -2.31. The zero-order valence-corrected chi connectivity index (χ0v) is 23.8. The number of β-amino-alcohol motifs (C(OH)–C–C–N with tert-alkyl or cyclic N) is 1. The number of carbonyl (C=O) groups excluding carboxylic acids is 1. The highest BCUT2D eigenvalue weighted by Crippen LogP contribution is 2.38. The summed E-state index contributed by atoms with van der Waals surface area (Å²) in [5, 5.41) is 20.6. The molecule has 42 heavy (non-hydrogen) atoms. The molecule has 3 aromatic rings. The van der Waals surface area contributed by atoms with E-state index >= 15 is 0 Å². The topological polar surface area (TPSA) is 139 Å². The Kier molecular flexibility index (Phi) is 8.97. The van der Waals surface area contributed by atoms with Crippen molar-refractivity contribution in [2.45, 2.75) is 25.7 Å². The average Bonchev–Trinajstić information content (AvgIpc) is 3.55. The van der Waals surface area contributed by atoms with Crippen molar-refractivity contribution >= 4 is 28.9 Å². The van der Waals surface area contributed by atoms with E-state index in [4.69, 9.17) is 14.2 Å². The Labute approximate surface area is 242 Å². The van der Waals surface area contributed by atoms with Crippen LogP contribution in [0.2, 0.25) is 0 Å². The maximum absolute atomic E-state index is 15.0. The standard InChI is InChI=1S/C28H35FN8O5/c1-5-26(39)31-20-10-21(24(40-3)11-22(20)36-6-8-42-9-7-36)32-28-30-12-19(29)27(33-28)37-14-18(17(2)34-37)13-35-15-23(38)25(16-35)41-4/h5,10-12,14,23,25,38H,1,6-9,13,15-16H2,2-4H3,(H,31,39)(H,30,32,33)/t23-,25+/m0/s1. The molecule has 0 radical (unpaired) electrons. The number of anilines is 4. The Morgan fingerprint density at radius 1 is 1.26 bits per heavy atom. The summed E-state index contributed by atoms with van der Waals surface area (Å²) >= 11 is 0. The van der Waals surface area contributed by atoms with Crippen LogP contribution >= 0.6 is 0 Å². The minimum atomic E-state index is -0.654. The molecule has 3 N–H and O–H groups in total. The van der Waals surface area contributed by atoms with Crippen LogP contribution in [0.1, 0.15) is 11.3 Å². The van der Waals surface area contributed by atoms with Gasteiger partial charge < -0.3 is 34.9 Å². The maximum Gasteiger partial charge on any atom is 0.247 e. The first-order valence-electron chi connectivity index (χ1n) is 13.6. The van der Waals surface area contributed by atoms with E-state index in [1.807, 2.05) is 13.0 Å². The quantitative estimate of drug-likeness (QED) is 0.303. The molecule has 0 saturated carbocycles. The molecule has 1 aromatic carbocycles. The Balaban J connectivity index is 1.42. The molecule has 0 unspecified atom stereocenters. The minimum absolute atomic E-state index is 0.0397. The number of ether oxygens (including phenoxy) is 3. The number of benzene rings is 1. The Morgan fingerprint density at radius 3 is 2.74 bits per heavy atom. The number of nitrogens with one attached hydrogen (secondary N) is 2. The molecule has 0 bridgehead atoms. The summed E-state index contributed by atoms with van der Waals surface area (Å²) in [4.78, 5) is 24.9. The zero-order valence-electron chi connectivity index (χ0n) is 23.8. The number of halogens is 1. The Hall–Kier alpha value is -4.11. The summed E-state index contributed by atoms with van der Waals surface area (Å²) in [6.45, 7) is 9.38. The van der Waals surface area contributed by atoms with E-state index in [0.29, 0.717) is 68.8 Å². The molecule has 14 heteroatoms. The smallest absolute Gasteiger partial charge is 0.247 e. The Bertz CT molecular complexity index is 1440. The van der Waals surface area contributed by atoms with Crippen molar-refractivity contribution in [1.29, 1.82) is 0 Å². The van der Waals surface area contributed by atoms with Gasteiger partial charge in [0.15, 0.2) is 11.6 Å². The molecular weight excluding hydrogens is 547 g/mol. The number of rotatable bonds is 10. The van der Waals surface area contributed by atoms with Gasteiger partial charge in [-0.2, -0.15) is 10.1 Å². The number of likely N-dealkylation sites (tertiary alicyclic amines) is 1. The lowest BCUT2D eigenvalue weighted by Crippen LogP contribution is -2.36. The number of aliphatic hydroxyl groups excluding tert-OH is 1. The molecule has 0 aliphatic carbocycles. The van der Waals surface area contributed by atoms with E-state index in [1.165, 1.54) is 17.9 Å². The average molecular weight is 583 g/mol. The van der Waals surface area contributed by atoms with Crippen LogP contribution in [0.4, 0.5) is 27.4 Å². The summed E-state index contributed by atoms with van der Waals surface area (Å²) in [5.41, 5.74) is 3.33. The summed E-state index contributed by atoms with van der Waals surface area (Å²) in [6, 6.07) is 3.52. The molecule has 224 valence electrons. The first-order valence-corrected chi connectivity index (χ1v) is 13.6. The van der Waals surface area contributed by atoms with Crippen molar-refractivity contribution in [3.8, 4) is 11.6 Å². The summed E-state index contributed by atoms with van der Waals surface area (Å²) < 4.78 is 32.8. The number of aliphatic hydroxyl groups is 1. The van der Waals surface area contributed by atoms with Crippen LogP contribution in [0.5, 0.6) is 5.75 Å². The second-order valence-electron chi connectivity index (χ2n) is 10.1. The highest BCUT2D eigenvalue weighted by atomic mass is 19.1. The van der Waals surface area contributed by atoms with Crippen molar-refractivity contribution in [3.63, 3.8) is 0 Å². The number of carbonyl (C=O) groups is 1. The molecule has 2 saturated heterocycles. The van der Waals surface area contributed by atoms with Gasteiger partial charge in [-0.3, -0.25) is 9.69 Å². The van der Waals surface area contributed by atoms with E-state index < -0.39 is 11.9 Å². The molecule has 1 amide bonds. The molecule has 4 heterocycles. The van der Waals surface area contributed by atoms with E-state index in [9.17, 15) is 14.3 Å². The molecule has 2 fully saturated rings. The van der Waals surface area contributed by atoms with Gasteiger partial charge in [-0.25, -0.2) is 14.1 Å². The van der Waals surface area contributed by atoms with E-state index in [2.05, 4.69) is 42.1 Å². The monoisotopic (exact) mass is 582 g/mol. The third kappa shape index (κ3) is 6.36.